The molecule has 0 radical (unpaired) electrons. The predicted molar refractivity (Wildman–Crippen MR) is 115 cm³/mol. The second kappa shape index (κ2) is 8.75. The van der Waals surface area contributed by atoms with E-state index in [1.807, 2.05) is 0 Å². The summed E-state index contributed by atoms with van der Waals surface area (Å²) in [5.41, 5.74) is 4.44. The van der Waals surface area contributed by atoms with Gasteiger partial charge in [-0.25, -0.2) is 0 Å². The van der Waals surface area contributed by atoms with Crippen LogP contribution in [0, 0.1) is 0 Å². The molecule has 1 aromatic heterocycles. The Kier molecular flexibility index (Phi) is 5.94. The lowest BCUT2D eigenvalue weighted by molar-refractivity contribution is 0.209. The lowest BCUT2D eigenvalue weighted by atomic mass is 9.89. The minimum absolute atomic E-state index is 0.766. The molecule has 2 aromatic carbocycles. The molecule has 1 aliphatic heterocycles. The van der Waals surface area contributed by atoms with Gasteiger partial charge in [0.15, 0.2) is 0 Å². The van der Waals surface area contributed by atoms with Crippen LogP contribution in [-0.2, 0) is 13.0 Å². The van der Waals surface area contributed by atoms with Crippen LogP contribution in [0.1, 0.15) is 49.7 Å². The van der Waals surface area contributed by atoms with Crippen molar-refractivity contribution in [2.24, 2.45) is 0 Å². The monoisotopic (exact) mass is 360 g/mol. The molecule has 1 aliphatic rings. The Morgan fingerprint density at radius 2 is 1.63 bits per heavy atom. The fourth-order valence-electron chi connectivity index (χ4n) is 4.65. The van der Waals surface area contributed by atoms with Gasteiger partial charge in [0.05, 0.1) is 0 Å². The van der Waals surface area contributed by atoms with Crippen molar-refractivity contribution >= 4 is 10.9 Å². The normalized spacial score (nSPS) is 16.2. The van der Waals surface area contributed by atoms with Gasteiger partial charge >= 0.3 is 0 Å². The number of aromatic nitrogens is 1. The van der Waals surface area contributed by atoms with E-state index in [0.29, 0.717) is 0 Å². The average molecular weight is 361 g/mol. The van der Waals surface area contributed by atoms with Crippen LogP contribution in [-0.4, -0.2) is 29.1 Å². The van der Waals surface area contributed by atoms with E-state index in [0.717, 1.165) is 12.5 Å². The summed E-state index contributed by atoms with van der Waals surface area (Å²) in [7, 11) is 0. The molecule has 0 N–H and O–H groups in total. The van der Waals surface area contributed by atoms with E-state index in [9.17, 15) is 0 Å². The molecule has 0 saturated carbocycles. The highest BCUT2D eigenvalue weighted by Crippen LogP contribution is 2.28. The molecular formula is C25H32N2. The lowest BCUT2D eigenvalue weighted by Gasteiger charge is -2.32. The molecule has 27 heavy (non-hydrogen) atoms. The molecule has 0 atom stereocenters. The molecule has 1 saturated heterocycles. The molecule has 0 amide bonds. The molecular weight excluding hydrogens is 328 g/mol. The zero-order chi connectivity index (χ0) is 18.5. The maximum atomic E-state index is 2.68. The summed E-state index contributed by atoms with van der Waals surface area (Å²) in [6, 6.07) is 19.9. The van der Waals surface area contributed by atoms with E-state index in [1.165, 1.54) is 73.8 Å². The quantitative estimate of drug-likeness (QED) is 0.479. The maximum absolute atomic E-state index is 2.68. The first-order chi connectivity index (χ1) is 13.3. The first-order valence-electron chi connectivity index (χ1n) is 10.7. The van der Waals surface area contributed by atoms with Crippen molar-refractivity contribution in [1.82, 2.24) is 9.47 Å². The summed E-state index contributed by atoms with van der Waals surface area (Å²) in [5.74, 6) is 0.766. The van der Waals surface area contributed by atoms with Crippen LogP contribution in [0.2, 0.25) is 0 Å². The zero-order valence-electron chi connectivity index (χ0n) is 16.6. The highest BCUT2D eigenvalue weighted by molar-refractivity contribution is 5.83. The number of rotatable bonds is 7. The Morgan fingerprint density at radius 1 is 0.889 bits per heavy atom. The van der Waals surface area contributed by atoms with E-state index in [1.54, 1.807) is 0 Å². The van der Waals surface area contributed by atoms with Crippen LogP contribution >= 0.6 is 0 Å². The third-order valence-corrected chi connectivity index (χ3v) is 6.24. The summed E-state index contributed by atoms with van der Waals surface area (Å²) in [6.07, 6.45) is 8.80. The molecule has 2 nitrogen and oxygen atoms in total. The summed E-state index contributed by atoms with van der Waals surface area (Å²) < 4.78 is 2.39. The van der Waals surface area contributed by atoms with E-state index in [-0.39, 0.29) is 0 Å². The van der Waals surface area contributed by atoms with Crippen LogP contribution in [0.3, 0.4) is 0 Å². The SMILES string of the molecule is CCn1cc(CCCCN2CCC(c3ccccc3)CC2)c2ccccc21. The average Bonchev–Trinajstić information content (AvgIpc) is 3.10. The fraction of sp³-hybridized carbons (Fsp3) is 0.440. The molecule has 0 spiro atoms. The van der Waals surface area contributed by atoms with E-state index < -0.39 is 0 Å². The van der Waals surface area contributed by atoms with Gasteiger partial charge in [-0.15, -0.1) is 0 Å². The van der Waals surface area contributed by atoms with Gasteiger partial charge < -0.3 is 9.47 Å². The first kappa shape index (κ1) is 18.3. The molecule has 3 aromatic rings. The van der Waals surface area contributed by atoms with Gasteiger partial charge in [0.25, 0.3) is 0 Å². The van der Waals surface area contributed by atoms with Crippen molar-refractivity contribution in [3.05, 3.63) is 71.9 Å². The van der Waals surface area contributed by atoms with Crippen molar-refractivity contribution in [3.8, 4) is 0 Å². The number of benzene rings is 2. The Hall–Kier alpha value is -2.06. The second-order valence-electron chi connectivity index (χ2n) is 7.94. The molecule has 0 unspecified atom stereocenters. The minimum atomic E-state index is 0.766. The highest BCUT2D eigenvalue weighted by Gasteiger charge is 2.19. The molecule has 4 rings (SSSR count). The van der Waals surface area contributed by atoms with Crippen LogP contribution < -0.4 is 0 Å². The van der Waals surface area contributed by atoms with Crippen molar-refractivity contribution in [2.45, 2.75) is 51.5 Å². The van der Waals surface area contributed by atoms with Crippen molar-refractivity contribution in [3.63, 3.8) is 0 Å². The molecule has 0 aliphatic carbocycles. The number of hydrogen-bond acceptors (Lipinski definition) is 1. The molecule has 0 bridgehead atoms. The number of likely N-dealkylation sites (tertiary alicyclic amines) is 1. The summed E-state index contributed by atoms with van der Waals surface area (Å²) in [4.78, 5) is 2.68. The van der Waals surface area contributed by atoms with Crippen LogP contribution in [0.4, 0.5) is 0 Å². The number of piperidine rings is 1. The molecule has 2 heteroatoms. The number of hydrogen-bond donors (Lipinski definition) is 0. The highest BCUT2D eigenvalue weighted by atomic mass is 15.1. The zero-order valence-corrected chi connectivity index (χ0v) is 16.6. The van der Waals surface area contributed by atoms with Gasteiger partial charge in [0.1, 0.15) is 0 Å². The molecule has 1 fully saturated rings. The first-order valence-corrected chi connectivity index (χ1v) is 10.7. The smallest absolute Gasteiger partial charge is 0.0483 e. The lowest BCUT2D eigenvalue weighted by Crippen LogP contribution is -2.33. The predicted octanol–water partition coefficient (Wildman–Crippen LogP) is 5.86. The van der Waals surface area contributed by atoms with Gasteiger partial charge in [0.2, 0.25) is 0 Å². The number of nitrogens with zero attached hydrogens (tertiary/aromatic N) is 2. The van der Waals surface area contributed by atoms with Gasteiger partial charge in [-0.05, 0) is 81.8 Å². The number of para-hydroxylation sites is 1. The topological polar surface area (TPSA) is 8.17 Å². The van der Waals surface area contributed by atoms with E-state index in [2.05, 4.69) is 77.2 Å². The van der Waals surface area contributed by atoms with Crippen molar-refractivity contribution < 1.29 is 0 Å². The van der Waals surface area contributed by atoms with Gasteiger partial charge in [-0.2, -0.15) is 0 Å². The standard InChI is InChI=1S/C25H32N2/c1-2-27-20-23(24-13-6-7-14-25(24)27)12-8-9-17-26-18-15-22(16-19-26)21-10-4-3-5-11-21/h3-7,10-11,13-14,20,22H,2,8-9,12,15-19H2,1H3. The molecule has 142 valence electrons. The van der Waals surface area contributed by atoms with E-state index in [4.69, 9.17) is 0 Å². The van der Waals surface area contributed by atoms with Gasteiger partial charge in [-0.1, -0.05) is 48.5 Å². The summed E-state index contributed by atoms with van der Waals surface area (Å²) in [5, 5.41) is 1.45. The Morgan fingerprint density at radius 3 is 2.41 bits per heavy atom. The van der Waals surface area contributed by atoms with E-state index >= 15 is 0 Å². The molecule has 2 heterocycles. The van der Waals surface area contributed by atoms with Crippen LogP contribution in [0.5, 0.6) is 0 Å². The Labute approximate surface area is 163 Å². The van der Waals surface area contributed by atoms with Crippen molar-refractivity contribution in [1.29, 1.82) is 0 Å². The number of unbranched alkanes of at least 4 members (excludes halogenated alkanes) is 1. The number of aryl methyl sites for hydroxylation is 2. The third kappa shape index (κ3) is 4.27. The van der Waals surface area contributed by atoms with Crippen LogP contribution in [0.25, 0.3) is 10.9 Å². The Balaban J connectivity index is 1.23. The fourth-order valence-corrected chi connectivity index (χ4v) is 4.65. The van der Waals surface area contributed by atoms with Gasteiger partial charge in [0, 0.05) is 23.6 Å². The van der Waals surface area contributed by atoms with Gasteiger partial charge in [-0.3, -0.25) is 0 Å². The second-order valence-corrected chi connectivity index (χ2v) is 7.94. The Bertz CT molecular complexity index is 841. The summed E-state index contributed by atoms with van der Waals surface area (Å²) >= 11 is 0. The summed E-state index contributed by atoms with van der Waals surface area (Å²) in [6.45, 7) is 7.06. The van der Waals surface area contributed by atoms with Crippen molar-refractivity contribution in [2.75, 3.05) is 19.6 Å². The minimum Gasteiger partial charge on any atom is -0.347 e. The largest absolute Gasteiger partial charge is 0.347 e. The van der Waals surface area contributed by atoms with Crippen LogP contribution in [0.15, 0.2) is 60.8 Å². The maximum Gasteiger partial charge on any atom is 0.0483 e. The number of fused-ring (bicyclic) bond motifs is 1. The third-order valence-electron chi connectivity index (χ3n) is 6.24.